The lowest BCUT2D eigenvalue weighted by Gasteiger charge is -2.36. The molecule has 1 unspecified atom stereocenters. The fraction of sp³-hybridized carbons (Fsp3) is 1.00. The van der Waals surface area contributed by atoms with E-state index in [2.05, 4.69) is 13.8 Å². The third kappa shape index (κ3) is 1.17. The van der Waals surface area contributed by atoms with Crippen LogP contribution in [0.15, 0.2) is 0 Å². The van der Waals surface area contributed by atoms with E-state index in [1.807, 2.05) is 0 Å². The molecule has 0 spiro atoms. The summed E-state index contributed by atoms with van der Waals surface area (Å²) in [7, 11) is 0. The van der Waals surface area contributed by atoms with Gasteiger partial charge in [-0.15, -0.1) is 0 Å². The monoisotopic (exact) mass is 170 g/mol. The van der Waals surface area contributed by atoms with Gasteiger partial charge in [-0.1, -0.05) is 20.3 Å². The SMILES string of the molecule is C[C@@H]1C(O)OC[C@H]2[C@@H]1CC[C@@H]2C. The highest BCUT2D eigenvalue weighted by atomic mass is 16.6. The van der Waals surface area contributed by atoms with Crippen molar-refractivity contribution in [1.29, 1.82) is 0 Å². The Morgan fingerprint density at radius 3 is 2.67 bits per heavy atom. The molecular weight excluding hydrogens is 152 g/mol. The number of fused-ring (bicyclic) bond motifs is 1. The summed E-state index contributed by atoms with van der Waals surface area (Å²) in [4.78, 5) is 0. The van der Waals surface area contributed by atoms with Crippen molar-refractivity contribution in [3.63, 3.8) is 0 Å². The smallest absolute Gasteiger partial charge is 0.157 e. The summed E-state index contributed by atoms with van der Waals surface area (Å²) >= 11 is 0. The van der Waals surface area contributed by atoms with E-state index >= 15 is 0 Å². The predicted octanol–water partition coefficient (Wildman–Crippen LogP) is 1.63. The van der Waals surface area contributed by atoms with Crippen LogP contribution in [0.2, 0.25) is 0 Å². The van der Waals surface area contributed by atoms with Crippen LogP contribution in [0.1, 0.15) is 26.7 Å². The molecule has 0 amide bonds. The molecule has 1 heterocycles. The normalized spacial score (nSPS) is 53.8. The summed E-state index contributed by atoms with van der Waals surface area (Å²) in [6.45, 7) is 5.19. The Balaban J connectivity index is 2.09. The zero-order valence-electron chi connectivity index (χ0n) is 7.86. The molecule has 2 heteroatoms. The molecule has 0 aromatic carbocycles. The van der Waals surface area contributed by atoms with E-state index < -0.39 is 6.29 Å². The average Bonchev–Trinajstić information content (AvgIpc) is 2.41. The molecule has 5 atom stereocenters. The van der Waals surface area contributed by atoms with Crippen molar-refractivity contribution in [2.75, 3.05) is 6.61 Å². The van der Waals surface area contributed by atoms with Crippen molar-refractivity contribution in [3.8, 4) is 0 Å². The maximum Gasteiger partial charge on any atom is 0.157 e. The van der Waals surface area contributed by atoms with Gasteiger partial charge < -0.3 is 9.84 Å². The predicted molar refractivity (Wildman–Crippen MR) is 46.5 cm³/mol. The quantitative estimate of drug-likeness (QED) is 0.598. The third-order valence-corrected chi connectivity index (χ3v) is 3.82. The zero-order valence-corrected chi connectivity index (χ0v) is 7.86. The second-order valence-corrected chi connectivity index (χ2v) is 4.47. The van der Waals surface area contributed by atoms with Crippen LogP contribution in [-0.4, -0.2) is 18.0 Å². The van der Waals surface area contributed by atoms with Gasteiger partial charge in [-0.05, 0) is 24.2 Å². The molecule has 2 rings (SSSR count). The zero-order chi connectivity index (χ0) is 8.72. The Kier molecular flexibility index (Phi) is 2.13. The van der Waals surface area contributed by atoms with Crippen molar-refractivity contribution in [3.05, 3.63) is 0 Å². The maximum absolute atomic E-state index is 9.49. The molecule has 2 aliphatic rings. The summed E-state index contributed by atoms with van der Waals surface area (Å²) in [6, 6.07) is 0. The molecule has 1 saturated heterocycles. The van der Waals surface area contributed by atoms with Crippen LogP contribution in [0.4, 0.5) is 0 Å². The van der Waals surface area contributed by atoms with Crippen LogP contribution in [0.3, 0.4) is 0 Å². The van der Waals surface area contributed by atoms with Gasteiger partial charge in [0.15, 0.2) is 6.29 Å². The van der Waals surface area contributed by atoms with E-state index in [1.54, 1.807) is 0 Å². The Labute approximate surface area is 73.9 Å². The van der Waals surface area contributed by atoms with E-state index in [-0.39, 0.29) is 0 Å². The van der Waals surface area contributed by atoms with Gasteiger partial charge >= 0.3 is 0 Å². The Morgan fingerprint density at radius 1 is 1.17 bits per heavy atom. The van der Waals surface area contributed by atoms with E-state index in [1.165, 1.54) is 12.8 Å². The van der Waals surface area contributed by atoms with Crippen LogP contribution < -0.4 is 0 Å². The van der Waals surface area contributed by atoms with Crippen LogP contribution in [0.25, 0.3) is 0 Å². The van der Waals surface area contributed by atoms with E-state index in [9.17, 15) is 5.11 Å². The molecule has 1 N–H and O–H groups in total. The molecule has 0 radical (unpaired) electrons. The summed E-state index contributed by atoms with van der Waals surface area (Å²) in [5.41, 5.74) is 0. The number of aliphatic hydroxyl groups excluding tert-OH is 1. The molecule has 1 saturated carbocycles. The van der Waals surface area contributed by atoms with Crippen molar-refractivity contribution >= 4 is 0 Å². The third-order valence-electron chi connectivity index (χ3n) is 3.82. The fourth-order valence-corrected chi connectivity index (χ4v) is 2.82. The van der Waals surface area contributed by atoms with Crippen molar-refractivity contribution < 1.29 is 9.84 Å². The minimum Gasteiger partial charge on any atom is -0.368 e. The van der Waals surface area contributed by atoms with Crippen molar-refractivity contribution in [2.45, 2.75) is 33.0 Å². The van der Waals surface area contributed by atoms with E-state index in [0.29, 0.717) is 17.8 Å². The molecule has 0 aromatic heterocycles. The molecule has 2 nitrogen and oxygen atoms in total. The average molecular weight is 170 g/mol. The number of rotatable bonds is 0. The molecule has 1 aliphatic heterocycles. The summed E-state index contributed by atoms with van der Waals surface area (Å²) < 4.78 is 5.33. The van der Waals surface area contributed by atoms with Gasteiger partial charge in [0.1, 0.15) is 0 Å². The van der Waals surface area contributed by atoms with Crippen molar-refractivity contribution in [1.82, 2.24) is 0 Å². The van der Waals surface area contributed by atoms with E-state index in [4.69, 9.17) is 4.74 Å². The van der Waals surface area contributed by atoms with Gasteiger partial charge in [-0.2, -0.15) is 0 Å². The van der Waals surface area contributed by atoms with Crippen LogP contribution in [0.5, 0.6) is 0 Å². The Hall–Kier alpha value is -0.0800. The highest BCUT2D eigenvalue weighted by molar-refractivity contribution is 4.88. The minimum absolute atomic E-state index is 0.341. The standard InChI is InChI=1S/C10H18O2/c1-6-3-4-8-7(2)10(11)12-5-9(6)8/h6-11H,3-5H2,1-2H3/t6-,7-,8+,9+,10?/m0/s1. The first-order valence-corrected chi connectivity index (χ1v) is 5.00. The first-order valence-electron chi connectivity index (χ1n) is 5.00. The van der Waals surface area contributed by atoms with Crippen LogP contribution in [0, 0.1) is 23.7 Å². The van der Waals surface area contributed by atoms with E-state index in [0.717, 1.165) is 12.5 Å². The van der Waals surface area contributed by atoms with Gasteiger partial charge in [0.25, 0.3) is 0 Å². The minimum atomic E-state index is -0.503. The second-order valence-electron chi connectivity index (χ2n) is 4.47. The van der Waals surface area contributed by atoms with Gasteiger partial charge in [0, 0.05) is 5.92 Å². The Bertz CT molecular complexity index is 169. The molecule has 2 fully saturated rings. The maximum atomic E-state index is 9.49. The topological polar surface area (TPSA) is 29.5 Å². The van der Waals surface area contributed by atoms with Gasteiger partial charge in [0.2, 0.25) is 0 Å². The molecule has 0 bridgehead atoms. The lowest BCUT2D eigenvalue weighted by molar-refractivity contribution is -0.190. The van der Waals surface area contributed by atoms with Gasteiger partial charge in [-0.3, -0.25) is 0 Å². The highest BCUT2D eigenvalue weighted by Gasteiger charge is 2.42. The van der Waals surface area contributed by atoms with Crippen molar-refractivity contribution in [2.24, 2.45) is 23.7 Å². The van der Waals surface area contributed by atoms with Gasteiger partial charge in [-0.25, -0.2) is 0 Å². The summed E-state index contributed by atoms with van der Waals surface area (Å²) in [5.74, 6) is 2.56. The first kappa shape index (κ1) is 8.52. The lowest BCUT2D eigenvalue weighted by Crippen LogP contribution is -2.39. The molecular formula is C10H18O2. The number of ether oxygens (including phenoxy) is 1. The fourth-order valence-electron chi connectivity index (χ4n) is 2.82. The number of hydrogen-bond acceptors (Lipinski definition) is 2. The van der Waals surface area contributed by atoms with Crippen LogP contribution >= 0.6 is 0 Å². The first-order chi connectivity index (χ1) is 5.70. The number of hydrogen-bond donors (Lipinski definition) is 1. The molecule has 12 heavy (non-hydrogen) atoms. The largest absolute Gasteiger partial charge is 0.368 e. The molecule has 0 aromatic rings. The summed E-state index contributed by atoms with van der Waals surface area (Å²) in [6.07, 6.45) is 2.10. The van der Waals surface area contributed by atoms with Gasteiger partial charge in [0.05, 0.1) is 6.61 Å². The Morgan fingerprint density at radius 2 is 1.92 bits per heavy atom. The molecule has 70 valence electrons. The molecule has 1 aliphatic carbocycles. The highest BCUT2D eigenvalue weighted by Crippen LogP contribution is 2.45. The number of aliphatic hydroxyl groups is 1. The lowest BCUT2D eigenvalue weighted by atomic mass is 9.80. The summed E-state index contributed by atoms with van der Waals surface area (Å²) in [5, 5.41) is 9.49. The second kappa shape index (κ2) is 3.00. The van der Waals surface area contributed by atoms with Crippen LogP contribution in [-0.2, 0) is 4.74 Å².